The maximum atomic E-state index is 12.8. The van der Waals surface area contributed by atoms with Gasteiger partial charge in [-0.1, -0.05) is 0 Å². The van der Waals surface area contributed by atoms with E-state index in [1.54, 1.807) is 11.8 Å². The van der Waals surface area contributed by atoms with Gasteiger partial charge in [-0.2, -0.15) is 11.8 Å². The standard InChI is InChI=1S/C16H18FNO4S/c17-11-1-3-13(4-2-11)22-9-12(19)8-18-14(20)7-16(15(18)21)5-6-23-10-16/h1-4,12,19H,5-10H2/t12-,16-/m0/s1. The number of nitrogens with zero attached hydrogens (tertiary/aromatic N) is 1. The third kappa shape index (κ3) is 3.35. The summed E-state index contributed by atoms with van der Waals surface area (Å²) < 4.78 is 18.1. The second kappa shape index (κ2) is 6.49. The van der Waals surface area contributed by atoms with Gasteiger partial charge in [0.25, 0.3) is 0 Å². The molecule has 5 nitrogen and oxygen atoms in total. The number of imide groups is 1. The van der Waals surface area contributed by atoms with E-state index in [9.17, 15) is 19.1 Å². The smallest absolute Gasteiger partial charge is 0.236 e. The first-order valence-electron chi connectivity index (χ1n) is 7.49. The first-order valence-corrected chi connectivity index (χ1v) is 8.65. The summed E-state index contributed by atoms with van der Waals surface area (Å²) in [6, 6.07) is 5.44. The van der Waals surface area contributed by atoms with Gasteiger partial charge in [0.2, 0.25) is 11.8 Å². The van der Waals surface area contributed by atoms with E-state index >= 15 is 0 Å². The highest BCUT2D eigenvalue weighted by molar-refractivity contribution is 7.99. The van der Waals surface area contributed by atoms with E-state index in [0.717, 1.165) is 17.1 Å². The Morgan fingerprint density at radius 2 is 2.09 bits per heavy atom. The molecule has 2 aliphatic heterocycles. The van der Waals surface area contributed by atoms with Crippen molar-refractivity contribution >= 4 is 23.6 Å². The molecular weight excluding hydrogens is 321 g/mol. The minimum Gasteiger partial charge on any atom is -0.491 e. The number of benzene rings is 1. The SMILES string of the molecule is O=C1C[C@]2(CCSC2)C(=O)N1C[C@H](O)COc1ccc(F)cc1. The van der Waals surface area contributed by atoms with Gasteiger partial charge < -0.3 is 9.84 Å². The number of aliphatic hydroxyl groups excluding tert-OH is 1. The molecule has 2 saturated heterocycles. The molecular formula is C16H18FNO4S. The number of likely N-dealkylation sites (tertiary alicyclic amines) is 1. The van der Waals surface area contributed by atoms with Crippen LogP contribution in [0.15, 0.2) is 24.3 Å². The van der Waals surface area contributed by atoms with Crippen molar-refractivity contribution < 1.29 is 23.8 Å². The van der Waals surface area contributed by atoms with Crippen LogP contribution in [-0.2, 0) is 9.59 Å². The van der Waals surface area contributed by atoms with Crippen LogP contribution in [0.1, 0.15) is 12.8 Å². The lowest BCUT2D eigenvalue weighted by atomic mass is 9.86. The zero-order chi connectivity index (χ0) is 16.4. The summed E-state index contributed by atoms with van der Waals surface area (Å²) in [5, 5.41) is 10.0. The molecule has 3 rings (SSSR count). The van der Waals surface area contributed by atoms with E-state index in [-0.39, 0.29) is 37.2 Å². The summed E-state index contributed by atoms with van der Waals surface area (Å²) in [5.41, 5.74) is -0.556. The number of ether oxygens (including phenoxy) is 1. The van der Waals surface area contributed by atoms with E-state index in [1.807, 2.05) is 0 Å². The van der Waals surface area contributed by atoms with Crippen molar-refractivity contribution in [3.63, 3.8) is 0 Å². The minimum absolute atomic E-state index is 0.0642. The van der Waals surface area contributed by atoms with Crippen LogP contribution in [0.4, 0.5) is 4.39 Å². The van der Waals surface area contributed by atoms with Gasteiger partial charge in [-0.05, 0) is 36.4 Å². The number of halogens is 1. The summed E-state index contributed by atoms with van der Waals surface area (Å²) in [6.45, 7) is -0.129. The van der Waals surface area contributed by atoms with E-state index in [4.69, 9.17) is 4.74 Å². The molecule has 2 amide bonds. The van der Waals surface area contributed by atoms with Crippen molar-refractivity contribution in [2.75, 3.05) is 24.7 Å². The average Bonchev–Trinajstić information content (AvgIpc) is 3.08. The average molecular weight is 339 g/mol. The second-order valence-electron chi connectivity index (χ2n) is 5.99. The molecule has 0 radical (unpaired) electrons. The van der Waals surface area contributed by atoms with Crippen molar-refractivity contribution in [3.8, 4) is 5.75 Å². The molecule has 1 aromatic rings. The van der Waals surface area contributed by atoms with Crippen LogP contribution in [-0.4, -0.2) is 52.6 Å². The number of carbonyl (C=O) groups is 2. The van der Waals surface area contributed by atoms with E-state index < -0.39 is 11.5 Å². The predicted molar refractivity (Wildman–Crippen MR) is 83.6 cm³/mol. The first-order chi connectivity index (χ1) is 11.0. The summed E-state index contributed by atoms with van der Waals surface area (Å²) in [5.74, 6) is 1.23. The zero-order valence-electron chi connectivity index (χ0n) is 12.5. The highest BCUT2D eigenvalue weighted by Crippen LogP contribution is 2.44. The van der Waals surface area contributed by atoms with Crippen molar-refractivity contribution in [3.05, 3.63) is 30.1 Å². The van der Waals surface area contributed by atoms with Crippen molar-refractivity contribution in [2.45, 2.75) is 18.9 Å². The van der Waals surface area contributed by atoms with Crippen molar-refractivity contribution in [2.24, 2.45) is 5.41 Å². The molecule has 7 heteroatoms. The number of hydrogen-bond acceptors (Lipinski definition) is 5. The molecule has 1 aromatic carbocycles. The maximum absolute atomic E-state index is 12.8. The molecule has 0 aliphatic carbocycles. The molecule has 0 saturated carbocycles. The molecule has 124 valence electrons. The Labute approximate surface area is 137 Å². The Bertz CT molecular complexity index is 601. The fourth-order valence-corrected chi connectivity index (χ4v) is 4.39. The van der Waals surface area contributed by atoms with Gasteiger partial charge in [0.05, 0.1) is 12.0 Å². The van der Waals surface area contributed by atoms with Gasteiger partial charge in [0, 0.05) is 12.2 Å². The lowest BCUT2D eigenvalue weighted by molar-refractivity contribution is -0.142. The molecule has 2 atom stereocenters. The molecule has 1 spiro atoms. The molecule has 0 unspecified atom stereocenters. The zero-order valence-corrected chi connectivity index (χ0v) is 13.4. The minimum atomic E-state index is -0.975. The molecule has 23 heavy (non-hydrogen) atoms. The van der Waals surface area contributed by atoms with Crippen LogP contribution in [0.3, 0.4) is 0 Å². The van der Waals surface area contributed by atoms with Crippen LogP contribution >= 0.6 is 11.8 Å². The van der Waals surface area contributed by atoms with Crippen LogP contribution in [0.2, 0.25) is 0 Å². The van der Waals surface area contributed by atoms with Gasteiger partial charge in [-0.3, -0.25) is 14.5 Å². The summed E-state index contributed by atoms with van der Waals surface area (Å²) in [6.07, 6.45) is -0.0113. The molecule has 0 aromatic heterocycles. The van der Waals surface area contributed by atoms with Crippen molar-refractivity contribution in [1.82, 2.24) is 4.90 Å². The van der Waals surface area contributed by atoms with Crippen molar-refractivity contribution in [1.29, 1.82) is 0 Å². The highest BCUT2D eigenvalue weighted by Gasteiger charge is 2.53. The van der Waals surface area contributed by atoms with Gasteiger partial charge in [0.1, 0.15) is 24.3 Å². The molecule has 0 bridgehead atoms. The molecule has 1 N–H and O–H groups in total. The van der Waals surface area contributed by atoms with Crippen LogP contribution in [0.5, 0.6) is 5.75 Å². The third-order valence-corrected chi connectivity index (χ3v) is 5.49. The largest absolute Gasteiger partial charge is 0.491 e. The van der Waals surface area contributed by atoms with E-state index in [1.165, 1.54) is 24.3 Å². The van der Waals surface area contributed by atoms with E-state index in [0.29, 0.717) is 11.5 Å². The molecule has 2 fully saturated rings. The molecule has 2 aliphatic rings. The monoisotopic (exact) mass is 339 g/mol. The number of hydrogen-bond donors (Lipinski definition) is 1. The predicted octanol–water partition coefficient (Wildman–Crippen LogP) is 1.45. The summed E-state index contributed by atoms with van der Waals surface area (Å²) in [4.78, 5) is 25.7. The third-order valence-electron chi connectivity index (χ3n) is 4.24. The number of β-amino-alcohol motifs (C(OH)–C–C–N with tert-alkyl or cyclic N) is 1. The van der Waals surface area contributed by atoms with Gasteiger partial charge in [-0.25, -0.2) is 4.39 Å². The Balaban J connectivity index is 1.55. The van der Waals surface area contributed by atoms with Crippen LogP contribution in [0, 0.1) is 11.2 Å². The number of carbonyl (C=O) groups excluding carboxylic acids is 2. The summed E-state index contributed by atoms with van der Waals surface area (Å²) in [7, 11) is 0. The van der Waals surface area contributed by atoms with E-state index in [2.05, 4.69) is 0 Å². The highest BCUT2D eigenvalue weighted by atomic mass is 32.2. The first kappa shape index (κ1) is 16.3. The Morgan fingerprint density at radius 1 is 1.35 bits per heavy atom. The Morgan fingerprint density at radius 3 is 2.74 bits per heavy atom. The van der Waals surface area contributed by atoms with Gasteiger partial charge >= 0.3 is 0 Å². The van der Waals surface area contributed by atoms with Crippen LogP contribution in [0.25, 0.3) is 0 Å². The quantitative estimate of drug-likeness (QED) is 0.823. The number of rotatable bonds is 5. The number of aliphatic hydroxyl groups is 1. The number of amides is 2. The molecule has 2 heterocycles. The topological polar surface area (TPSA) is 66.8 Å². The van der Waals surface area contributed by atoms with Gasteiger partial charge in [0.15, 0.2) is 0 Å². The number of thioether (sulfide) groups is 1. The Hall–Kier alpha value is -1.60. The van der Waals surface area contributed by atoms with Gasteiger partial charge in [-0.15, -0.1) is 0 Å². The lowest BCUT2D eigenvalue weighted by Gasteiger charge is -2.22. The normalized spacial score (nSPS) is 25.4. The fourth-order valence-electron chi connectivity index (χ4n) is 2.95. The van der Waals surface area contributed by atoms with Crippen LogP contribution < -0.4 is 4.74 Å². The second-order valence-corrected chi connectivity index (χ2v) is 7.09. The Kier molecular flexibility index (Phi) is 4.59. The maximum Gasteiger partial charge on any atom is 0.236 e. The fraction of sp³-hybridized carbons (Fsp3) is 0.500. The lowest BCUT2D eigenvalue weighted by Crippen LogP contribution is -2.41. The summed E-state index contributed by atoms with van der Waals surface area (Å²) >= 11 is 1.69.